The lowest BCUT2D eigenvalue weighted by atomic mass is 9.74. The number of hydrogen-bond donors (Lipinski definition) is 1. The smallest absolute Gasteiger partial charge is 0.154 e. The molecule has 0 aliphatic heterocycles. The van der Waals surface area contributed by atoms with E-state index in [0.717, 1.165) is 12.0 Å². The number of aryl methyl sites for hydroxylation is 1. The highest BCUT2D eigenvalue weighted by Crippen LogP contribution is 2.38. The SMILES string of the molecule is Cn1cc(C(N)C(=O)CC2Cc3ccccc32)cn1. The number of rotatable bonds is 4. The predicted octanol–water partition coefficient (Wildman–Crippen LogP) is 1.72. The molecular formula is C15H17N3O. The van der Waals surface area contributed by atoms with Crippen molar-refractivity contribution in [1.29, 1.82) is 0 Å². The molecule has 0 fully saturated rings. The van der Waals surface area contributed by atoms with Gasteiger partial charge < -0.3 is 5.73 Å². The highest BCUT2D eigenvalue weighted by Gasteiger charge is 2.29. The Balaban J connectivity index is 1.67. The first-order valence-corrected chi connectivity index (χ1v) is 6.50. The topological polar surface area (TPSA) is 60.9 Å². The third kappa shape index (κ3) is 2.19. The summed E-state index contributed by atoms with van der Waals surface area (Å²) in [7, 11) is 1.82. The molecule has 1 aromatic carbocycles. The zero-order valence-corrected chi connectivity index (χ0v) is 10.9. The number of benzene rings is 1. The summed E-state index contributed by atoms with van der Waals surface area (Å²) in [6.45, 7) is 0. The van der Waals surface area contributed by atoms with Crippen LogP contribution in [0.15, 0.2) is 36.7 Å². The third-order valence-electron chi connectivity index (χ3n) is 3.84. The first-order chi connectivity index (χ1) is 9.15. The van der Waals surface area contributed by atoms with Gasteiger partial charge in [0.2, 0.25) is 0 Å². The Morgan fingerprint density at radius 1 is 1.53 bits per heavy atom. The van der Waals surface area contributed by atoms with Crippen molar-refractivity contribution in [2.45, 2.75) is 24.8 Å². The van der Waals surface area contributed by atoms with Gasteiger partial charge in [0.25, 0.3) is 0 Å². The van der Waals surface area contributed by atoms with Crippen LogP contribution in [0.3, 0.4) is 0 Å². The van der Waals surface area contributed by atoms with Crippen LogP contribution in [-0.2, 0) is 18.3 Å². The van der Waals surface area contributed by atoms with Gasteiger partial charge in [-0.25, -0.2) is 0 Å². The fourth-order valence-electron chi connectivity index (χ4n) is 2.70. The molecule has 1 aromatic heterocycles. The van der Waals surface area contributed by atoms with Gasteiger partial charge in [0.05, 0.1) is 12.2 Å². The average Bonchev–Trinajstić information content (AvgIpc) is 2.81. The highest BCUT2D eigenvalue weighted by molar-refractivity contribution is 5.86. The zero-order valence-electron chi connectivity index (χ0n) is 10.9. The molecule has 0 amide bonds. The Morgan fingerprint density at radius 2 is 2.32 bits per heavy atom. The van der Waals surface area contributed by atoms with Gasteiger partial charge in [0, 0.05) is 25.2 Å². The molecule has 2 N–H and O–H groups in total. The van der Waals surface area contributed by atoms with Crippen LogP contribution in [0.2, 0.25) is 0 Å². The summed E-state index contributed by atoms with van der Waals surface area (Å²) in [4.78, 5) is 12.2. The molecule has 2 aromatic rings. The van der Waals surface area contributed by atoms with Crippen molar-refractivity contribution in [2.24, 2.45) is 12.8 Å². The van der Waals surface area contributed by atoms with Gasteiger partial charge in [-0.2, -0.15) is 5.10 Å². The normalized spacial score (nSPS) is 18.5. The Morgan fingerprint density at radius 3 is 3.00 bits per heavy atom. The monoisotopic (exact) mass is 255 g/mol. The summed E-state index contributed by atoms with van der Waals surface area (Å²) < 4.78 is 1.67. The van der Waals surface area contributed by atoms with E-state index in [1.165, 1.54) is 11.1 Å². The Kier molecular flexibility index (Phi) is 2.95. The predicted molar refractivity (Wildman–Crippen MR) is 72.6 cm³/mol. The molecule has 19 heavy (non-hydrogen) atoms. The first-order valence-electron chi connectivity index (χ1n) is 6.50. The van der Waals surface area contributed by atoms with Crippen LogP contribution in [0, 0.1) is 0 Å². The molecule has 0 saturated carbocycles. The van der Waals surface area contributed by atoms with Crippen molar-refractivity contribution in [1.82, 2.24) is 9.78 Å². The Bertz CT molecular complexity index is 617. The molecule has 98 valence electrons. The maximum atomic E-state index is 12.2. The number of nitrogens with two attached hydrogens (primary N) is 1. The van der Waals surface area contributed by atoms with Crippen LogP contribution < -0.4 is 5.73 Å². The second-order valence-corrected chi connectivity index (χ2v) is 5.20. The minimum Gasteiger partial charge on any atom is -0.318 e. The van der Waals surface area contributed by atoms with Gasteiger partial charge in [-0.1, -0.05) is 24.3 Å². The van der Waals surface area contributed by atoms with E-state index in [4.69, 9.17) is 5.73 Å². The number of nitrogens with zero attached hydrogens (tertiary/aromatic N) is 2. The van der Waals surface area contributed by atoms with E-state index >= 15 is 0 Å². The van der Waals surface area contributed by atoms with E-state index < -0.39 is 6.04 Å². The van der Waals surface area contributed by atoms with Gasteiger partial charge in [0.15, 0.2) is 5.78 Å². The molecule has 0 bridgehead atoms. The second-order valence-electron chi connectivity index (χ2n) is 5.20. The quantitative estimate of drug-likeness (QED) is 0.905. The Labute approximate surface area is 112 Å². The van der Waals surface area contributed by atoms with Crippen LogP contribution in [0.25, 0.3) is 0 Å². The lowest BCUT2D eigenvalue weighted by molar-refractivity contribution is -0.120. The summed E-state index contributed by atoms with van der Waals surface area (Å²) in [5.74, 6) is 0.430. The summed E-state index contributed by atoms with van der Waals surface area (Å²) in [6.07, 6.45) is 4.98. The molecule has 0 spiro atoms. The van der Waals surface area contributed by atoms with Crippen LogP contribution in [0.5, 0.6) is 0 Å². The van der Waals surface area contributed by atoms with Gasteiger partial charge in [-0.05, 0) is 23.5 Å². The molecule has 4 heteroatoms. The standard InChI is InChI=1S/C15H17N3O/c1-18-9-12(8-17-18)15(16)14(19)7-11-6-10-4-2-3-5-13(10)11/h2-5,8-9,11,15H,6-7,16H2,1H3. The van der Waals surface area contributed by atoms with Gasteiger partial charge in [-0.15, -0.1) is 0 Å². The van der Waals surface area contributed by atoms with Crippen molar-refractivity contribution in [3.05, 3.63) is 53.3 Å². The van der Waals surface area contributed by atoms with Crippen molar-refractivity contribution in [2.75, 3.05) is 0 Å². The fraction of sp³-hybridized carbons (Fsp3) is 0.333. The van der Waals surface area contributed by atoms with E-state index in [2.05, 4.69) is 17.2 Å². The van der Waals surface area contributed by atoms with Gasteiger partial charge in [-0.3, -0.25) is 9.48 Å². The minimum atomic E-state index is -0.554. The van der Waals surface area contributed by atoms with Crippen LogP contribution in [0.1, 0.15) is 35.1 Å². The summed E-state index contributed by atoms with van der Waals surface area (Å²) in [5.41, 5.74) is 9.44. The van der Waals surface area contributed by atoms with E-state index in [0.29, 0.717) is 12.3 Å². The molecule has 2 atom stereocenters. The maximum absolute atomic E-state index is 12.2. The minimum absolute atomic E-state index is 0.0903. The highest BCUT2D eigenvalue weighted by atomic mass is 16.1. The van der Waals surface area contributed by atoms with Crippen molar-refractivity contribution < 1.29 is 4.79 Å². The fourth-order valence-corrected chi connectivity index (χ4v) is 2.70. The van der Waals surface area contributed by atoms with Gasteiger partial charge in [0.1, 0.15) is 0 Å². The van der Waals surface area contributed by atoms with E-state index in [9.17, 15) is 4.79 Å². The van der Waals surface area contributed by atoms with Crippen molar-refractivity contribution in [3.63, 3.8) is 0 Å². The number of hydrogen-bond acceptors (Lipinski definition) is 3. The third-order valence-corrected chi connectivity index (χ3v) is 3.84. The van der Waals surface area contributed by atoms with Crippen LogP contribution in [0.4, 0.5) is 0 Å². The molecule has 3 rings (SSSR count). The maximum Gasteiger partial charge on any atom is 0.154 e. The lowest BCUT2D eigenvalue weighted by Crippen LogP contribution is -2.26. The number of fused-ring (bicyclic) bond motifs is 1. The number of aromatic nitrogens is 2. The molecular weight excluding hydrogens is 238 g/mol. The van der Waals surface area contributed by atoms with E-state index in [-0.39, 0.29) is 5.78 Å². The molecule has 1 aliphatic carbocycles. The largest absolute Gasteiger partial charge is 0.318 e. The summed E-state index contributed by atoms with van der Waals surface area (Å²) >= 11 is 0. The number of Topliss-reactive ketones (excluding diaryl/α,β-unsaturated/α-hetero) is 1. The van der Waals surface area contributed by atoms with Gasteiger partial charge >= 0.3 is 0 Å². The van der Waals surface area contributed by atoms with Crippen LogP contribution >= 0.6 is 0 Å². The molecule has 4 nitrogen and oxygen atoms in total. The molecule has 0 radical (unpaired) electrons. The number of carbonyl (C=O) groups is 1. The summed E-state index contributed by atoms with van der Waals surface area (Å²) in [6, 6.07) is 7.74. The van der Waals surface area contributed by atoms with Crippen molar-refractivity contribution in [3.8, 4) is 0 Å². The Hall–Kier alpha value is -1.94. The number of ketones is 1. The lowest BCUT2D eigenvalue weighted by Gasteiger charge is -2.30. The van der Waals surface area contributed by atoms with Crippen LogP contribution in [-0.4, -0.2) is 15.6 Å². The molecule has 2 unspecified atom stereocenters. The van der Waals surface area contributed by atoms with E-state index in [1.54, 1.807) is 17.1 Å². The average molecular weight is 255 g/mol. The first kappa shape index (κ1) is 12.1. The zero-order chi connectivity index (χ0) is 13.4. The second kappa shape index (κ2) is 4.63. The molecule has 1 heterocycles. The van der Waals surface area contributed by atoms with Crippen molar-refractivity contribution >= 4 is 5.78 Å². The molecule has 1 aliphatic rings. The summed E-state index contributed by atoms with van der Waals surface area (Å²) in [5, 5.41) is 4.05. The number of carbonyl (C=O) groups excluding carboxylic acids is 1. The van der Waals surface area contributed by atoms with E-state index in [1.807, 2.05) is 19.2 Å². The molecule has 0 saturated heterocycles.